The monoisotopic (exact) mass is 515 g/mol. The Morgan fingerprint density at radius 3 is 2.74 bits per heavy atom. The van der Waals surface area contributed by atoms with Gasteiger partial charge >= 0.3 is 0 Å². The van der Waals surface area contributed by atoms with Gasteiger partial charge in [-0.2, -0.15) is 0 Å². The van der Waals surface area contributed by atoms with Crippen LogP contribution in [0.15, 0.2) is 47.7 Å². The van der Waals surface area contributed by atoms with E-state index >= 15 is 0 Å². The van der Waals surface area contributed by atoms with Gasteiger partial charge in [0, 0.05) is 50.3 Å². The number of hydrogen-bond acceptors (Lipinski definition) is 7. The van der Waals surface area contributed by atoms with Gasteiger partial charge in [-0.25, -0.2) is 4.98 Å². The lowest BCUT2D eigenvalue weighted by Gasteiger charge is -2.34. The maximum Gasteiger partial charge on any atom is 0.278 e. The summed E-state index contributed by atoms with van der Waals surface area (Å²) in [6.45, 7) is 6.26. The van der Waals surface area contributed by atoms with Gasteiger partial charge in [-0.15, -0.1) is 0 Å². The van der Waals surface area contributed by atoms with Crippen molar-refractivity contribution in [1.29, 1.82) is 0 Å². The molecule has 38 heavy (non-hydrogen) atoms. The summed E-state index contributed by atoms with van der Waals surface area (Å²) in [6, 6.07) is 9.98. The van der Waals surface area contributed by atoms with Gasteiger partial charge in [0.25, 0.3) is 11.5 Å². The number of carbonyl (C=O) groups is 1. The molecule has 0 spiro atoms. The van der Waals surface area contributed by atoms with Crippen molar-refractivity contribution in [2.24, 2.45) is 5.73 Å². The second kappa shape index (κ2) is 10.2. The fourth-order valence-corrected chi connectivity index (χ4v) is 5.79. The van der Waals surface area contributed by atoms with E-state index in [1.807, 2.05) is 41.8 Å². The smallest absolute Gasteiger partial charge is 0.278 e. The van der Waals surface area contributed by atoms with E-state index in [1.165, 1.54) is 0 Å². The number of ether oxygens (including phenoxy) is 1. The highest BCUT2D eigenvalue weighted by Gasteiger charge is 2.33. The van der Waals surface area contributed by atoms with Gasteiger partial charge in [-0.3, -0.25) is 19.1 Å². The van der Waals surface area contributed by atoms with E-state index in [4.69, 9.17) is 15.5 Å². The molecule has 10 nitrogen and oxygen atoms in total. The van der Waals surface area contributed by atoms with Crippen molar-refractivity contribution in [3.8, 4) is 0 Å². The molecule has 0 aliphatic carbocycles. The Morgan fingerprint density at radius 2 is 1.95 bits per heavy atom. The van der Waals surface area contributed by atoms with Crippen LogP contribution in [0.2, 0.25) is 0 Å². The predicted molar refractivity (Wildman–Crippen MR) is 147 cm³/mol. The summed E-state index contributed by atoms with van der Waals surface area (Å²) in [5.41, 5.74) is 8.35. The second-order valence-electron chi connectivity index (χ2n) is 10.0. The first-order chi connectivity index (χ1) is 18.6. The highest BCUT2D eigenvalue weighted by molar-refractivity contribution is 6.10. The Morgan fingerprint density at radius 1 is 1.13 bits per heavy atom. The van der Waals surface area contributed by atoms with Crippen molar-refractivity contribution in [2.45, 2.75) is 38.9 Å². The topological polar surface area (TPSA) is 112 Å². The van der Waals surface area contributed by atoms with Gasteiger partial charge in [0.2, 0.25) is 0 Å². The molecule has 6 rings (SSSR count). The molecule has 10 heteroatoms. The summed E-state index contributed by atoms with van der Waals surface area (Å²) in [6.07, 6.45) is 5.19. The second-order valence-corrected chi connectivity index (χ2v) is 10.0. The summed E-state index contributed by atoms with van der Waals surface area (Å²) in [4.78, 5) is 41.3. The third-order valence-corrected chi connectivity index (χ3v) is 7.66. The van der Waals surface area contributed by atoms with Gasteiger partial charge in [-0.05, 0) is 31.2 Å². The molecule has 2 aliphatic rings. The van der Waals surface area contributed by atoms with E-state index in [1.54, 1.807) is 22.0 Å². The van der Waals surface area contributed by atoms with Crippen molar-refractivity contribution < 1.29 is 9.53 Å². The number of pyridine rings is 1. The first-order valence-electron chi connectivity index (χ1n) is 13.4. The number of aryl methyl sites for hydroxylation is 1. The highest BCUT2D eigenvalue weighted by atomic mass is 16.5. The molecular weight excluding hydrogens is 482 g/mol. The minimum absolute atomic E-state index is 0.0143. The predicted octanol–water partition coefficient (Wildman–Crippen LogP) is 2.21. The Hall–Kier alpha value is -3.76. The number of aromatic nitrogens is 4. The maximum absolute atomic E-state index is 14.0. The number of anilines is 1. The van der Waals surface area contributed by atoms with E-state index < -0.39 is 0 Å². The zero-order valence-corrected chi connectivity index (χ0v) is 21.7. The van der Waals surface area contributed by atoms with Crippen LogP contribution in [-0.4, -0.2) is 75.3 Å². The van der Waals surface area contributed by atoms with Crippen LogP contribution in [0, 0.1) is 0 Å². The van der Waals surface area contributed by atoms with E-state index in [-0.39, 0.29) is 24.1 Å². The third kappa shape index (κ3) is 4.23. The average molecular weight is 516 g/mol. The number of amides is 1. The van der Waals surface area contributed by atoms with E-state index in [9.17, 15) is 9.59 Å². The van der Waals surface area contributed by atoms with Gasteiger partial charge in [0.15, 0.2) is 0 Å². The molecule has 2 N–H and O–H groups in total. The summed E-state index contributed by atoms with van der Waals surface area (Å²) < 4.78 is 9.04. The minimum atomic E-state index is -0.185. The molecule has 0 bridgehead atoms. The summed E-state index contributed by atoms with van der Waals surface area (Å²) in [5.74, 6) is 0.639. The molecule has 2 fully saturated rings. The molecule has 198 valence electrons. The summed E-state index contributed by atoms with van der Waals surface area (Å²) in [7, 11) is 0. The highest BCUT2D eigenvalue weighted by Crippen LogP contribution is 2.33. The van der Waals surface area contributed by atoms with Gasteiger partial charge in [-0.1, -0.05) is 24.3 Å². The molecule has 2 saturated heterocycles. The van der Waals surface area contributed by atoms with Gasteiger partial charge < -0.3 is 24.8 Å². The number of piperidine rings is 1. The van der Waals surface area contributed by atoms with Crippen LogP contribution in [0.5, 0.6) is 0 Å². The molecule has 3 aromatic heterocycles. The van der Waals surface area contributed by atoms with Crippen LogP contribution in [0.3, 0.4) is 0 Å². The number of carbonyl (C=O) groups excluding carboxylic acids is 1. The van der Waals surface area contributed by atoms with E-state index in [0.29, 0.717) is 56.0 Å². The molecular formula is C28H33N7O3. The van der Waals surface area contributed by atoms with Crippen LogP contribution < -0.4 is 16.2 Å². The van der Waals surface area contributed by atoms with Crippen molar-refractivity contribution in [1.82, 2.24) is 24.0 Å². The van der Waals surface area contributed by atoms with Crippen LogP contribution in [0.25, 0.3) is 21.8 Å². The number of nitrogens with zero attached hydrogens (tertiary/aromatic N) is 6. The zero-order chi connectivity index (χ0) is 26.2. The van der Waals surface area contributed by atoms with Crippen molar-refractivity contribution in [3.63, 3.8) is 0 Å². The molecule has 1 aromatic carbocycles. The van der Waals surface area contributed by atoms with Crippen molar-refractivity contribution >= 4 is 33.5 Å². The molecule has 1 amide bonds. The van der Waals surface area contributed by atoms with Gasteiger partial charge in [0.1, 0.15) is 22.4 Å². The summed E-state index contributed by atoms with van der Waals surface area (Å²) >= 11 is 0. The Labute approximate surface area is 220 Å². The minimum Gasteiger partial charge on any atom is -0.378 e. The Balaban J connectivity index is 1.52. The average Bonchev–Trinajstić information content (AvgIpc) is 3.30. The number of nitrogens with two attached hydrogens (primary N) is 1. The molecule has 0 radical (unpaired) electrons. The normalized spacial score (nSPS) is 18.4. The molecule has 5 heterocycles. The first-order valence-corrected chi connectivity index (χ1v) is 13.4. The lowest BCUT2D eigenvalue weighted by molar-refractivity contribution is 0.0304. The quantitative estimate of drug-likeness (QED) is 0.434. The van der Waals surface area contributed by atoms with E-state index in [2.05, 4.69) is 9.88 Å². The molecule has 2 aliphatic heterocycles. The van der Waals surface area contributed by atoms with Crippen LogP contribution >= 0.6 is 0 Å². The van der Waals surface area contributed by atoms with Gasteiger partial charge in [0.05, 0.1) is 31.8 Å². The Bertz CT molecular complexity index is 1550. The van der Waals surface area contributed by atoms with Crippen LogP contribution in [0.1, 0.15) is 35.8 Å². The van der Waals surface area contributed by atoms with Crippen molar-refractivity contribution in [2.75, 3.05) is 44.3 Å². The lowest BCUT2D eigenvalue weighted by atomic mass is 10.1. The first kappa shape index (κ1) is 24.6. The Kier molecular flexibility index (Phi) is 6.59. The number of morpholine rings is 1. The SMILES string of the molecule is CCn1c(N2CCC[C@H](N)C2)c(C(=O)N2CCOCC2)c2ncn(Cc3nccc4ccccc34)c(=O)c21. The maximum atomic E-state index is 14.0. The molecule has 0 unspecified atom stereocenters. The lowest BCUT2D eigenvalue weighted by Crippen LogP contribution is -2.45. The fraction of sp³-hybridized carbons (Fsp3) is 0.429. The van der Waals surface area contributed by atoms with Crippen molar-refractivity contribution in [3.05, 3.63) is 64.5 Å². The standard InChI is InChI=1S/C28H33N7O3/c1-2-35-25-24(31-18-34(28(25)37)17-22-21-8-4-3-6-19(21)9-10-30-22)23(27(36)32-12-14-38-15-13-32)26(35)33-11-5-7-20(29)16-33/h3-4,6,8-10,18,20H,2,5,7,11-17,29H2,1H3/t20-/m0/s1. The number of hydrogen-bond donors (Lipinski definition) is 1. The molecule has 4 aromatic rings. The molecule has 1 atom stereocenters. The van der Waals surface area contributed by atoms with Crippen LogP contribution in [-0.2, 0) is 17.8 Å². The number of benzene rings is 1. The van der Waals surface area contributed by atoms with E-state index in [0.717, 1.165) is 41.7 Å². The molecule has 0 saturated carbocycles. The van der Waals surface area contributed by atoms with Crippen LogP contribution in [0.4, 0.5) is 5.82 Å². The zero-order valence-electron chi connectivity index (χ0n) is 21.7. The fourth-order valence-electron chi connectivity index (χ4n) is 5.79. The number of fused-ring (bicyclic) bond motifs is 2. The largest absolute Gasteiger partial charge is 0.378 e. The third-order valence-electron chi connectivity index (χ3n) is 7.66. The number of rotatable bonds is 5. The summed E-state index contributed by atoms with van der Waals surface area (Å²) in [5, 5.41) is 2.07.